The lowest BCUT2D eigenvalue weighted by Gasteiger charge is -2.19. The number of aryl methyl sites for hydroxylation is 1. The highest BCUT2D eigenvalue weighted by Gasteiger charge is 2.17. The van der Waals surface area contributed by atoms with Crippen molar-refractivity contribution in [1.82, 2.24) is 0 Å². The number of hydrogen-bond donors (Lipinski definition) is 1. The standard InChI is InChI=1S/C37H25N/c1-23-17-19-34(32(21-23)24-9-3-2-4-10-24)38-33-20-18-29-28-14-7-12-26-22-25-11-5-6-13-27(25)37(35(26)28)31-16-8-15-30(33)36(29)31/h2-22,38H,1H3. The Balaban J connectivity index is 1.44. The van der Waals surface area contributed by atoms with Gasteiger partial charge in [-0.3, -0.25) is 0 Å². The van der Waals surface area contributed by atoms with Crippen LogP contribution in [0, 0.1) is 6.92 Å². The van der Waals surface area contributed by atoms with Crippen molar-refractivity contribution in [2.45, 2.75) is 6.92 Å². The summed E-state index contributed by atoms with van der Waals surface area (Å²) in [7, 11) is 0. The second kappa shape index (κ2) is 8.06. The van der Waals surface area contributed by atoms with Gasteiger partial charge in [0.2, 0.25) is 0 Å². The fraction of sp³-hybridized carbons (Fsp3) is 0.0270. The summed E-state index contributed by atoms with van der Waals surface area (Å²) in [5, 5.41) is 16.9. The van der Waals surface area contributed by atoms with Crippen LogP contribution in [0.2, 0.25) is 0 Å². The summed E-state index contributed by atoms with van der Waals surface area (Å²) < 4.78 is 0. The Bertz CT molecular complexity index is 2160. The van der Waals surface area contributed by atoms with E-state index in [2.05, 4.69) is 140 Å². The molecule has 0 saturated heterocycles. The molecule has 0 heterocycles. The van der Waals surface area contributed by atoms with E-state index in [4.69, 9.17) is 0 Å². The van der Waals surface area contributed by atoms with Crippen molar-refractivity contribution in [3.05, 3.63) is 133 Å². The van der Waals surface area contributed by atoms with Crippen molar-refractivity contribution in [2.24, 2.45) is 0 Å². The van der Waals surface area contributed by atoms with Crippen molar-refractivity contribution < 1.29 is 0 Å². The third-order valence-corrected chi connectivity index (χ3v) is 8.02. The van der Waals surface area contributed by atoms with E-state index >= 15 is 0 Å². The minimum absolute atomic E-state index is 1.12. The van der Waals surface area contributed by atoms with E-state index in [9.17, 15) is 0 Å². The summed E-state index contributed by atoms with van der Waals surface area (Å²) in [5.41, 5.74) is 5.93. The second-order valence-electron chi connectivity index (χ2n) is 10.3. The largest absolute Gasteiger partial charge is 0.355 e. The van der Waals surface area contributed by atoms with Crippen LogP contribution in [-0.2, 0) is 0 Å². The third kappa shape index (κ3) is 3.06. The fourth-order valence-corrected chi connectivity index (χ4v) is 6.34. The molecule has 1 N–H and O–H groups in total. The molecule has 0 aliphatic rings. The van der Waals surface area contributed by atoms with Gasteiger partial charge in [0, 0.05) is 22.3 Å². The van der Waals surface area contributed by atoms with Crippen LogP contribution in [0.3, 0.4) is 0 Å². The number of hydrogen-bond acceptors (Lipinski definition) is 1. The predicted octanol–water partition coefficient (Wildman–Crippen LogP) is 10.6. The Kier molecular flexibility index (Phi) is 4.50. The van der Waals surface area contributed by atoms with Gasteiger partial charge in [0.15, 0.2) is 0 Å². The van der Waals surface area contributed by atoms with Gasteiger partial charge in [0.25, 0.3) is 0 Å². The number of rotatable bonds is 3. The smallest absolute Gasteiger partial charge is 0.0464 e. The van der Waals surface area contributed by atoms with E-state index in [0.717, 1.165) is 11.4 Å². The molecular weight excluding hydrogens is 458 g/mol. The summed E-state index contributed by atoms with van der Waals surface area (Å²) in [6.45, 7) is 2.15. The maximum Gasteiger partial charge on any atom is 0.0464 e. The zero-order valence-electron chi connectivity index (χ0n) is 21.1. The number of anilines is 2. The molecule has 0 spiro atoms. The van der Waals surface area contributed by atoms with Crippen molar-refractivity contribution >= 4 is 65.2 Å². The van der Waals surface area contributed by atoms with Gasteiger partial charge >= 0.3 is 0 Å². The molecule has 0 bridgehead atoms. The van der Waals surface area contributed by atoms with Crippen LogP contribution in [0.5, 0.6) is 0 Å². The molecule has 0 fully saturated rings. The van der Waals surface area contributed by atoms with Crippen LogP contribution in [0.4, 0.5) is 11.4 Å². The molecule has 1 heteroatoms. The normalized spacial score (nSPS) is 11.8. The minimum atomic E-state index is 1.12. The highest BCUT2D eigenvalue weighted by molar-refractivity contribution is 6.38. The minimum Gasteiger partial charge on any atom is -0.355 e. The van der Waals surface area contributed by atoms with Crippen molar-refractivity contribution in [3.63, 3.8) is 0 Å². The molecule has 0 unspecified atom stereocenters. The first-order valence-corrected chi connectivity index (χ1v) is 13.2. The molecule has 0 aliphatic carbocycles. The average Bonchev–Trinajstić information content (AvgIpc) is 2.97. The fourth-order valence-electron chi connectivity index (χ4n) is 6.34. The van der Waals surface area contributed by atoms with Crippen LogP contribution in [-0.4, -0.2) is 0 Å². The molecule has 0 saturated carbocycles. The molecule has 8 aromatic rings. The second-order valence-corrected chi connectivity index (χ2v) is 10.3. The molecule has 38 heavy (non-hydrogen) atoms. The van der Waals surface area contributed by atoms with Gasteiger partial charge in [0.1, 0.15) is 0 Å². The quantitative estimate of drug-likeness (QED) is 0.195. The van der Waals surface area contributed by atoms with Gasteiger partial charge < -0.3 is 5.32 Å². The lowest BCUT2D eigenvalue weighted by atomic mass is 9.87. The molecule has 0 radical (unpaired) electrons. The zero-order valence-corrected chi connectivity index (χ0v) is 21.1. The summed E-state index contributed by atoms with van der Waals surface area (Å²) in [4.78, 5) is 0. The molecule has 0 atom stereocenters. The summed E-state index contributed by atoms with van der Waals surface area (Å²) in [6.07, 6.45) is 0. The summed E-state index contributed by atoms with van der Waals surface area (Å²) >= 11 is 0. The number of fused-ring (bicyclic) bond motifs is 4. The molecule has 1 nitrogen and oxygen atoms in total. The summed E-state index contributed by atoms with van der Waals surface area (Å²) in [5.74, 6) is 0. The van der Waals surface area contributed by atoms with Gasteiger partial charge in [-0.15, -0.1) is 0 Å². The topological polar surface area (TPSA) is 12.0 Å². The molecular formula is C37H25N. The van der Waals surface area contributed by atoms with E-state index in [-0.39, 0.29) is 0 Å². The van der Waals surface area contributed by atoms with Gasteiger partial charge in [-0.05, 0) is 85.2 Å². The van der Waals surface area contributed by atoms with Gasteiger partial charge in [-0.1, -0.05) is 109 Å². The van der Waals surface area contributed by atoms with E-state index in [0.29, 0.717) is 0 Å². The van der Waals surface area contributed by atoms with Crippen molar-refractivity contribution in [2.75, 3.05) is 5.32 Å². The highest BCUT2D eigenvalue weighted by atomic mass is 14.9. The van der Waals surface area contributed by atoms with E-state index < -0.39 is 0 Å². The van der Waals surface area contributed by atoms with E-state index in [1.54, 1.807) is 0 Å². The molecule has 0 aliphatic heterocycles. The molecule has 178 valence electrons. The molecule has 0 amide bonds. The van der Waals surface area contributed by atoms with Crippen LogP contribution in [0.15, 0.2) is 127 Å². The van der Waals surface area contributed by atoms with E-state index in [1.807, 2.05) is 0 Å². The van der Waals surface area contributed by atoms with Crippen LogP contribution >= 0.6 is 0 Å². The molecule has 8 rings (SSSR count). The van der Waals surface area contributed by atoms with Gasteiger partial charge in [0.05, 0.1) is 0 Å². The summed E-state index contributed by atoms with van der Waals surface area (Å²) in [6, 6.07) is 46.5. The number of nitrogens with one attached hydrogen (secondary N) is 1. The Morgan fingerprint density at radius 1 is 0.421 bits per heavy atom. The molecule has 0 aromatic heterocycles. The zero-order chi connectivity index (χ0) is 25.2. The number of benzene rings is 8. The molecule has 8 aromatic carbocycles. The van der Waals surface area contributed by atoms with E-state index in [1.165, 1.54) is 70.6 Å². The Morgan fingerprint density at radius 2 is 1.11 bits per heavy atom. The van der Waals surface area contributed by atoms with Crippen LogP contribution in [0.1, 0.15) is 5.56 Å². The predicted molar refractivity (Wildman–Crippen MR) is 165 cm³/mol. The lowest BCUT2D eigenvalue weighted by molar-refractivity contribution is 1.45. The van der Waals surface area contributed by atoms with Crippen LogP contribution in [0.25, 0.3) is 65.0 Å². The first-order chi connectivity index (χ1) is 18.8. The third-order valence-electron chi connectivity index (χ3n) is 8.02. The van der Waals surface area contributed by atoms with Gasteiger partial charge in [-0.25, -0.2) is 0 Å². The Hall–Kier alpha value is -4.88. The van der Waals surface area contributed by atoms with Crippen LogP contribution < -0.4 is 5.32 Å². The maximum absolute atomic E-state index is 3.83. The Morgan fingerprint density at radius 3 is 2.03 bits per heavy atom. The van der Waals surface area contributed by atoms with Crippen molar-refractivity contribution in [3.8, 4) is 11.1 Å². The monoisotopic (exact) mass is 483 g/mol. The van der Waals surface area contributed by atoms with Crippen molar-refractivity contribution in [1.29, 1.82) is 0 Å². The first kappa shape index (κ1) is 21.2. The lowest BCUT2D eigenvalue weighted by Crippen LogP contribution is -1.96. The SMILES string of the molecule is Cc1ccc(Nc2ccc3c4cccc5cc6ccccc6c(c6cccc2c36)c54)c(-c2ccccc2)c1. The first-order valence-electron chi connectivity index (χ1n) is 13.2. The highest BCUT2D eigenvalue weighted by Crippen LogP contribution is 2.45. The average molecular weight is 484 g/mol. The maximum atomic E-state index is 3.83. The van der Waals surface area contributed by atoms with Gasteiger partial charge in [-0.2, -0.15) is 0 Å². The Labute approximate surface area is 221 Å².